The summed E-state index contributed by atoms with van der Waals surface area (Å²) in [6, 6.07) is 5.76. The number of allylic oxidation sites excluding steroid dienone is 1. The number of nitrogens with two attached hydrogens (primary N) is 1. The lowest BCUT2D eigenvalue weighted by molar-refractivity contribution is 0.888. The minimum absolute atomic E-state index is 0.0568. The Kier molecular flexibility index (Phi) is 3.73. The number of hydrogen-bond acceptors (Lipinski definition) is 1. The molecule has 2 heteroatoms. The first-order chi connectivity index (χ1) is 6.50. The van der Waals surface area contributed by atoms with E-state index in [1.165, 1.54) is 11.1 Å². The van der Waals surface area contributed by atoms with Gasteiger partial charge in [-0.2, -0.15) is 0 Å². The van der Waals surface area contributed by atoms with Crippen LogP contribution in [0.4, 0.5) is 0 Å². The van der Waals surface area contributed by atoms with Crippen molar-refractivity contribution in [1.82, 2.24) is 0 Å². The molecule has 0 saturated carbocycles. The minimum atomic E-state index is -0.0568. The molecule has 0 aromatic heterocycles. The molecule has 1 nitrogen and oxygen atoms in total. The molecule has 1 atom stereocenters. The van der Waals surface area contributed by atoms with Crippen molar-refractivity contribution in [2.45, 2.75) is 26.8 Å². The normalized spacial score (nSPS) is 12.4. The van der Waals surface area contributed by atoms with Gasteiger partial charge in [0, 0.05) is 11.1 Å². The predicted octanol–water partition coefficient (Wildman–Crippen LogP) is 3.61. The van der Waals surface area contributed by atoms with Crippen molar-refractivity contribution in [2.24, 2.45) is 5.73 Å². The van der Waals surface area contributed by atoms with Gasteiger partial charge in [-0.3, -0.25) is 0 Å². The van der Waals surface area contributed by atoms with Gasteiger partial charge in [-0.05, 0) is 44.0 Å². The zero-order valence-electron chi connectivity index (χ0n) is 8.84. The summed E-state index contributed by atoms with van der Waals surface area (Å²) in [5, 5.41) is 0.739. The van der Waals surface area contributed by atoms with E-state index in [1.807, 2.05) is 45.0 Å². The summed E-state index contributed by atoms with van der Waals surface area (Å²) in [5.41, 5.74) is 9.53. The largest absolute Gasteiger partial charge is 0.321 e. The Hall–Kier alpha value is -0.790. The summed E-state index contributed by atoms with van der Waals surface area (Å²) in [5.74, 6) is 0. The number of benzene rings is 1. The van der Waals surface area contributed by atoms with Crippen molar-refractivity contribution < 1.29 is 0 Å². The van der Waals surface area contributed by atoms with Crippen LogP contribution in [0.3, 0.4) is 0 Å². The molecular weight excluding hydrogens is 194 g/mol. The average molecular weight is 210 g/mol. The van der Waals surface area contributed by atoms with E-state index in [2.05, 4.69) is 0 Å². The Morgan fingerprint density at radius 1 is 1.43 bits per heavy atom. The fourth-order valence-electron chi connectivity index (χ4n) is 1.42. The number of halogens is 1. The van der Waals surface area contributed by atoms with Gasteiger partial charge in [0.2, 0.25) is 0 Å². The van der Waals surface area contributed by atoms with Crippen molar-refractivity contribution in [1.29, 1.82) is 0 Å². The van der Waals surface area contributed by atoms with Crippen molar-refractivity contribution in [2.75, 3.05) is 0 Å². The fraction of sp³-hybridized carbons (Fsp3) is 0.333. The van der Waals surface area contributed by atoms with Crippen LogP contribution < -0.4 is 5.73 Å². The average Bonchev–Trinajstić information content (AvgIpc) is 2.08. The van der Waals surface area contributed by atoms with Gasteiger partial charge in [0.05, 0.1) is 0 Å². The Balaban J connectivity index is 3.05. The molecule has 0 heterocycles. The Bertz CT molecular complexity index is 351. The second-order valence-electron chi connectivity index (χ2n) is 3.77. The summed E-state index contributed by atoms with van der Waals surface area (Å²) in [6.45, 7) is 6.13. The fourth-order valence-corrected chi connectivity index (χ4v) is 1.60. The topological polar surface area (TPSA) is 26.0 Å². The smallest absolute Gasteiger partial charge is 0.0486 e. The van der Waals surface area contributed by atoms with Crippen LogP contribution in [-0.2, 0) is 0 Å². The molecule has 0 bridgehead atoms. The SMILES string of the molecule is CC(C)=CC(N)c1cc(Cl)ccc1C. The quantitative estimate of drug-likeness (QED) is 0.740. The van der Waals surface area contributed by atoms with E-state index >= 15 is 0 Å². The molecule has 0 fully saturated rings. The van der Waals surface area contributed by atoms with Gasteiger partial charge in [-0.1, -0.05) is 29.3 Å². The maximum Gasteiger partial charge on any atom is 0.0486 e. The molecule has 2 N–H and O–H groups in total. The third-order valence-electron chi connectivity index (χ3n) is 2.11. The van der Waals surface area contributed by atoms with Crippen LogP contribution in [0.25, 0.3) is 0 Å². The van der Waals surface area contributed by atoms with Gasteiger partial charge < -0.3 is 5.73 Å². The minimum Gasteiger partial charge on any atom is -0.321 e. The Labute approximate surface area is 90.6 Å². The van der Waals surface area contributed by atoms with Gasteiger partial charge in [0.25, 0.3) is 0 Å². The van der Waals surface area contributed by atoms with E-state index in [4.69, 9.17) is 17.3 Å². The molecule has 14 heavy (non-hydrogen) atoms. The monoisotopic (exact) mass is 209 g/mol. The van der Waals surface area contributed by atoms with Gasteiger partial charge in [0.1, 0.15) is 0 Å². The Morgan fingerprint density at radius 2 is 2.07 bits per heavy atom. The van der Waals surface area contributed by atoms with Crippen molar-refractivity contribution in [3.63, 3.8) is 0 Å². The van der Waals surface area contributed by atoms with Crippen LogP contribution in [0.5, 0.6) is 0 Å². The summed E-state index contributed by atoms with van der Waals surface area (Å²) < 4.78 is 0. The van der Waals surface area contributed by atoms with E-state index in [0.717, 1.165) is 10.6 Å². The first-order valence-electron chi connectivity index (χ1n) is 4.67. The second kappa shape index (κ2) is 4.63. The van der Waals surface area contributed by atoms with E-state index in [-0.39, 0.29) is 6.04 Å². The predicted molar refractivity (Wildman–Crippen MR) is 62.5 cm³/mol. The number of aryl methyl sites for hydroxylation is 1. The third kappa shape index (κ3) is 2.86. The van der Waals surface area contributed by atoms with Crippen LogP contribution in [0.1, 0.15) is 31.0 Å². The van der Waals surface area contributed by atoms with Crippen LogP contribution in [0, 0.1) is 6.92 Å². The highest BCUT2D eigenvalue weighted by Gasteiger charge is 2.06. The van der Waals surface area contributed by atoms with Crippen molar-refractivity contribution in [3.8, 4) is 0 Å². The van der Waals surface area contributed by atoms with Gasteiger partial charge in [-0.25, -0.2) is 0 Å². The zero-order valence-corrected chi connectivity index (χ0v) is 9.60. The molecule has 76 valence electrons. The highest BCUT2D eigenvalue weighted by Crippen LogP contribution is 2.21. The molecule has 1 unspecified atom stereocenters. The summed E-state index contributed by atoms with van der Waals surface area (Å²) in [6.07, 6.45) is 2.04. The van der Waals surface area contributed by atoms with Crippen molar-refractivity contribution in [3.05, 3.63) is 46.0 Å². The third-order valence-corrected chi connectivity index (χ3v) is 2.35. The first-order valence-corrected chi connectivity index (χ1v) is 5.05. The molecule has 0 aliphatic rings. The van der Waals surface area contributed by atoms with Crippen LogP contribution in [0.15, 0.2) is 29.8 Å². The van der Waals surface area contributed by atoms with Gasteiger partial charge in [-0.15, -0.1) is 0 Å². The molecule has 1 rings (SSSR count). The standard InChI is InChI=1S/C12H16ClN/c1-8(2)6-12(14)11-7-10(13)5-4-9(11)3/h4-7,12H,14H2,1-3H3. The molecular formula is C12H16ClN. The van der Waals surface area contributed by atoms with E-state index in [0.29, 0.717) is 0 Å². The van der Waals surface area contributed by atoms with Crippen LogP contribution in [0.2, 0.25) is 5.02 Å². The first kappa shape index (κ1) is 11.3. The van der Waals surface area contributed by atoms with Crippen molar-refractivity contribution >= 4 is 11.6 Å². The molecule has 0 saturated heterocycles. The van der Waals surface area contributed by atoms with Gasteiger partial charge in [0.15, 0.2) is 0 Å². The highest BCUT2D eigenvalue weighted by molar-refractivity contribution is 6.30. The molecule has 0 amide bonds. The molecule has 1 aromatic rings. The zero-order chi connectivity index (χ0) is 10.7. The summed E-state index contributed by atoms with van der Waals surface area (Å²) in [4.78, 5) is 0. The Morgan fingerprint density at radius 3 is 2.64 bits per heavy atom. The lowest BCUT2D eigenvalue weighted by Gasteiger charge is -2.11. The van der Waals surface area contributed by atoms with E-state index in [1.54, 1.807) is 0 Å². The van der Waals surface area contributed by atoms with Crippen LogP contribution >= 0.6 is 11.6 Å². The number of hydrogen-bond donors (Lipinski definition) is 1. The molecule has 1 aromatic carbocycles. The molecule has 0 spiro atoms. The highest BCUT2D eigenvalue weighted by atomic mass is 35.5. The van der Waals surface area contributed by atoms with E-state index in [9.17, 15) is 0 Å². The summed E-state index contributed by atoms with van der Waals surface area (Å²) in [7, 11) is 0. The second-order valence-corrected chi connectivity index (χ2v) is 4.21. The molecule has 0 aliphatic carbocycles. The maximum absolute atomic E-state index is 6.03. The molecule has 0 radical (unpaired) electrons. The molecule has 0 aliphatic heterocycles. The maximum atomic E-state index is 6.03. The lowest BCUT2D eigenvalue weighted by Crippen LogP contribution is -2.09. The van der Waals surface area contributed by atoms with E-state index < -0.39 is 0 Å². The van der Waals surface area contributed by atoms with Crippen LogP contribution in [-0.4, -0.2) is 0 Å². The summed E-state index contributed by atoms with van der Waals surface area (Å²) >= 11 is 5.92. The van der Waals surface area contributed by atoms with Gasteiger partial charge >= 0.3 is 0 Å². The number of rotatable bonds is 2. The lowest BCUT2D eigenvalue weighted by atomic mass is 10.0.